The van der Waals surface area contributed by atoms with Crippen LogP contribution >= 0.6 is 43.2 Å². The van der Waals surface area contributed by atoms with Crippen molar-refractivity contribution >= 4 is 43.2 Å². The lowest BCUT2D eigenvalue weighted by molar-refractivity contribution is -0.0594. The van der Waals surface area contributed by atoms with Crippen LogP contribution < -0.4 is 5.32 Å². The van der Waals surface area contributed by atoms with Crippen molar-refractivity contribution in [3.05, 3.63) is 19.2 Å². The molecule has 0 aliphatic carbocycles. The smallest absolute Gasteiger partial charge is 0.0904 e. The Morgan fingerprint density at radius 3 is 2.94 bits per heavy atom. The average Bonchev–Trinajstić information content (AvgIpc) is 2.59. The predicted octanol–water partition coefficient (Wildman–Crippen LogP) is 2.86. The Bertz CT molecular complexity index is 364. The monoisotopic (exact) mass is 382 g/mol. The Labute approximate surface area is 123 Å². The summed E-state index contributed by atoms with van der Waals surface area (Å²) in [6.45, 7) is 2.67. The van der Waals surface area contributed by atoms with Crippen LogP contribution in [0.2, 0.25) is 0 Å². The quantitative estimate of drug-likeness (QED) is 0.868. The summed E-state index contributed by atoms with van der Waals surface area (Å²) in [5, 5.41) is 3.21. The van der Waals surface area contributed by atoms with Crippen LogP contribution in [0.25, 0.3) is 0 Å². The van der Waals surface area contributed by atoms with Crippen molar-refractivity contribution in [3.8, 4) is 0 Å². The highest BCUT2D eigenvalue weighted by Gasteiger charge is 2.32. The molecule has 0 amide bonds. The maximum Gasteiger partial charge on any atom is 0.0904 e. The van der Waals surface area contributed by atoms with Crippen molar-refractivity contribution in [2.75, 3.05) is 33.8 Å². The molecular weight excluding hydrogens is 368 g/mol. The first-order valence-corrected chi connectivity index (χ1v) is 7.95. The number of nitrogens with zero attached hydrogens (tertiary/aromatic N) is 1. The average molecular weight is 384 g/mol. The molecule has 17 heavy (non-hydrogen) atoms. The highest BCUT2D eigenvalue weighted by atomic mass is 79.9. The Balaban J connectivity index is 2.24. The van der Waals surface area contributed by atoms with Gasteiger partial charge in [0.2, 0.25) is 0 Å². The first-order chi connectivity index (χ1) is 8.13. The molecule has 0 saturated carbocycles. The van der Waals surface area contributed by atoms with Gasteiger partial charge < -0.3 is 10.1 Å². The second kappa shape index (κ2) is 6.12. The van der Waals surface area contributed by atoms with Gasteiger partial charge in [0.15, 0.2) is 0 Å². The van der Waals surface area contributed by atoms with Gasteiger partial charge in [-0.25, -0.2) is 0 Å². The van der Waals surface area contributed by atoms with Crippen LogP contribution in [0.4, 0.5) is 0 Å². The fourth-order valence-electron chi connectivity index (χ4n) is 2.14. The van der Waals surface area contributed by atoms with Crippen LogP contribution in [-0.4, -0.2) is 44.8 Å². The van der Waals surface area contributed by atoms with E-state index in [2.05, 4.69) is 55.2 Å². The fraction of sp³-hybridized carbons (Fsp3) is 0.636. The van der Waals surface area contributed by atoms with Gasteiger partial charge in [0, 0.05) is 22.4 Å². The zero-order valence-corrected chi connectivity index (χ0v) is 13.9. The second-order valence-corrected chi connectivity index (χ2v) is 7.42. The minimum atomic E-state index is 0.219. The van der Waals surface area contributed by atoms with Crippen LogP contribution in [-0.2, 0) is 4.74 Å². The lowest BCUT2D eigenvalue weighted by Gasteiger charge is -2.38. The molecule has 2 unspecified atom stereocenters. The van der Waals surface area contributed by atoms with E-state index in [1.54, 1.807) is 11.3 Å². The third kappa shape index (κ3) is 3.11. The van der Waals surface area contributed by atoms with E-state index in [1.165, 1.54) is 4.88 Å². The summed E-state index contributed by atoms with van der Waals surface area (Å²) < 4.78 is 8.15. The topological polar surface area (TPSA) is 24.5 Å². The van der Waals surface area contributed by atoms with E-state index in [0.717, 1.165) is 28.0 Å². The first-order valence-electron chi connectivity index (χ1n) is 5.54. The molecule has 2 heterocycles. The molecule has 3 nitrogen and oxygen atoms in total. The predicted molar refractivity (Wildman–Crippen MR) is 78.8 cm³/mol. The van der Waals surface area contributed by atoms with Crippen LogP contribution in [0.15, 0.2) is 14.3 Å². The van der Waals surface area contributed by atoms with E-state index in [0.29, 0.717) is 6.04 Å². The molecule has 2 atom stereocenters. The first kappa shape index (κ1) is 14.0. The number of hydrogen-bond donors (Lipinski definition) is 1. The van der Waals surface area contributed by atoms with Crippen LogP contribution in [0, 0.1) is 0 Å². The molecule has 6 heteroatoms. The van der Waals surface area contributed by atoms with Crippen LogP contribution in [0.1, 0.15) is 10.9 Å². The van der Waals surface area contributed by atoms with Gasteiger partial charge in [0.05, 0.1) is 22.5 Å². The molecule has 1 saturated heterocycles. The van der Waals surface area contributed by atoms with Gasteiger partial charge in [-0.2, -0.15) is 0 Å². The van der Waals surface area contributed by atoms with Crippen molar-refractivity contribution in [1.82, 2.24) is 10.2 Å². The van der Waals surface area contributed by atoms with Gasteiger partial charge in [0.25, 0.3) is 0 Å². The highest BCUT2D eigenvalue weighted by molar-refractivity contribution is 9.13. The van der Waals surface area contributed by atoms with Crippen LogP contribution in [0.3, 0.4) is 0 Å². The highest BCUT2D eigenvalue weighted by Crippen LogP contribution is 2.39. The summed E-state index contributed by atoms with van der Waals surface area (Å²) in [6.07, 6.45) is 0.219. The number of ether oxygens (including phenoxy) is 1. The number of halogens is 2. The van der Waals surface area contributed by atoms with Gasteiger partial charge in [-0.05, 0) is 52.0 Å². The number of morpholine rings is 1. The number of likely N-dealkylation sites (N-methyl/N-ethyl adjacent to an activating group) is 2. The van der Waals surface area contributed by atoms with Crippen molar-refractivity contribution in [3.63, 3.8) is 0 Å². The zero-order chi connectivity index (χ0) is 12.4. The van der Waals surface area contributed by atoms with E-state index in [9.17, 15) is 0 Å². The number of rotatable bonds is 3. The molecule has 1 fully saturated rings. The molecule has 0 bridgehead atoms. The molecule has 1 aliphatic heterocycles. The largest absolute Gasteiger partial charge is 0.374 e. The van der Waals surface area contributed by atoms with E-state index < -0.39 is 0 Å². The van der Waals surface area contributed by atoms with E-state index in [1.807, 2.05) is 7.05 Å². The summed E-state index contributed by atoms with van der Waals surface area (Å²) in [5.41, 5.74) is 0. The number of nitrogens with one attached hydrogen (secondary N) is 1. The summed E-state index contributed by atoms with van der Waals surface area (Å²) in [5.74, 6) is 0. The molecule has 2 rings (SSSR count). The Morgan fingerprint density at radius 1 is 1.59 bits per heavy atom. The number of thiophene rings is 1. The Hall–Kier alpha value is 0.540. The minimum absolute atomic E-state index is 0.219. The molecule has 96 valence electrons. The van der Waals surface area contributed by atoms with Crippen LogP contribution in [0.5, 0.6) is 0 Å². The Kier molecular flexibility index (Phi) is 5.03. The summed E-state index contributed by atoms with van der Waals surface area (Å²) in [4.78, 5) is 3.71. The van der Waals surface area contributed by atoms with Crippen molar-refractivity contribution < 1.29 is 4.74 Å². The van der Waals surface area contributed by atoms with E-state index in [4.69, 9.17) is 4.74 Å². The van der Waals surface area contributed by atoms with Crippen molar-refractivity contribution in [1.29, 1.82) is 0 Å². The summed E-state index contributed by atoms with van der Waals surface area (Å²) >= 11 is 8.88. The summed E-state index contributed by atoms with van der Waals surface area (Å²) in [6, 6.07) is 2.52. The zero-order valence-electron chi connectivity index (χ0n) is 9.87. The fourth-order valence-corrected chi connectivity index (χ4v) is 4.45. The number of hydrogen-bond acceptors (Lipinski definition) is 4. The third-order valence-corrected chi connectivity index (χ3v) is 6.29. The molecule has 1 aromatic heterocycles. The maximum absolute atomic E-state index is 5.88. The molecule has 1 aromatic rings. The SMILES string of the molecule is CNCC1OCCN(C)C1c1cc(Br)c(Br)s1. The lowest BCUT2D eigenvalue weighted by atomic mass is 10.1. The van der Waals surface area contributed by atoms with Gasteiger partial charge in [0.1, 0.15) is 0 Å². The lowest BCUT2D eigenvalue weighted by Crippen LogP contribution is -2.46. The molecule has 0 aromatic carbocycles. The second-order valence-electron chi connectivity index (χ2n) is 4.16. The van der Waals surface area contributed by atoms with Gasteiger partial charge in [-0.15, -0.1) is 11.3 Å². The molecular formula is C11H16Br2N2OS. The normalized spacial score (nSPS) is 26.4. The third-order valence-electron chi connectivity index (χ3n) is 2.96. The van der Waals surface area contributed by atoms with Crippen molar-refractivity contribution in [2.24, 2.45) is 0 Å². The van der Waals surface area contributed by atoms with Gasteiger partial charge >= 0.3 is 0 Å². The van der Waals surface area contributed by atoms with Gasteiger partial charge in [-0.1, -0.05) is 0 Å². The van der Waals surface area contributed by atoms with E-state index in [-0.39, 0.29) is 6.10 Å². The maximum atomic E-state index is 5.88. The van der Waals surface area contributed by atoms with E-state index >= 15 is 0 Å². The summed E-state index contributed by atoms with van der Waals surface area (Å²) in [7, 11) is 4.13. The van der Waals surface area contributed by atoms with Gasteiger partial charge in [-0.3, -0.25) is 4.90 Å². The minimum Gasteiger partial charge on any atom is -0.374 e. The van der Waals surface area contributed by atoms with Crippen molar-refractivity contribution in [2.45, 2.75) is 12.1 Å². The molecule has 1 aliphatic rings. The standard InChI is InChI=1S/C11H16Br2N2OS/c1-14-6-8-10(15(2)3-4-16-8)9-5-7(12)11(13)17-9/h5,8,10,14H,3-4,6H2,1-2H3. The Morgan fingerprint density at radius 2 is 2.35 bits per heavy atom. The molecule has 0 spiro atoms. The molecule has 0 radical (unpaired) electrons. The molecule has 1 N–H and O–H groups in total.